The van der Waals surface area contributed by atoms with E-state index in [1.807, 2.05) is 23.6 Å². The number of rotatable bonds is 6. The zero-order chi connectivity index (χ0) is 16.2. The van der Waals surface area contributed by atoms with Gasteiger partial charge >= 0.3 is 0 Å². The minimum Gasteiger partial charge on any atom is -0.493 e. The highest BCUT2D eigenvalue weighted by molar-refractivity contribution is 7.11. The Hall–Kier alpha value is -2.28. The number of aromatic nitrogens is 1. The molecule has 0 atom stereocenters. The molecular weight excluding hydrogens is 316 g/mol. The molecule has 0 N–H and O–H groups in total. The Labute approximate surface area is 138 Å². The molecule has 0 aliphatic carbocycles. The van der Waals surface area contributed by atoms with Crippen molar-refractivity contribution < 1.29 is 19.0 Å². The summed E-state index contributed by atoms with van der Waals surface area (Å²) in [6.45, 7) is 1.21. The molecule has 23 heavy (non-hydrogen) atoms. The average molecular weight is 334 g/mol. The van der Waals surface area contributed by atoms with E-state index in [-0.39, 0.29) is 12.0 Å². The lowest BCUT2D eigenvalue weighted by Gasteiger charge is -2.38. The Morgan fingerprint density at radius 3 is 2.74 bits per heavy atom. The van der Waals surface area contributed by atoms with E-state index in [2.05, 4.69) is 4.98 Å². The van der Waals surface area contributed by atoms with Gasteiger partial charge in [-0.15, -0.1) is 0 Å². The first-order chi connectivity index (χ1) is 11.2. The predicted molar refractivity (Wildman–Crippen MR) is 86.4 cm³/mol. The molecule has 0 radical (unpaired) electrons. The summed E-state index contributed by atoms with van der Waals surface area (Å²) in [5, 5.41) is 2.52. The summed E-state index contributed by atoms with van der Waals surface area (Å²) >= 11 is 1.46. The van der Waals surface area contributed by atoms with Crippen LogP contribution in [0.1, 0.15) is 5.56 Å². The summed E-state index contributed by atoms with van der Waals surface area (Å²) in [5.41, 5.74) is 0.900. The highest BCUT2D eigenvalue weighted by atomic mass is 32.1. The van der Waals surface area contributed by atoms with E-state index in [1.165, 1.54) is 11.3 Å². The largest absolute Gasteiger partial charge is 0.493 e. The molecular formula is C16H18N2O4S. The van der Waals surface area contributed by atoms with Gasteiger partial charge in [-0.1, -0.05) is 17.4 Å². The summed E-state index contributed by atoms with van der Waals surface area (Å²) in [6, 6.07) is 5.52. The first-order valence-corrected chi connectivity index (χ1v) is 8.12. The molecule has 0 unspecified atom stereocenters. The second-order valence-electron chi connectivity index (χ2n) is 5.20. The molecule has 1 saturated heterocycles. The number of likely N-dealkylation sites (tertiary alicyclic amines) is 1. The van der Waals surface area contributed by atoms with Crippen LogP contribution in [0.2, 0.25) is 0 Å². The van der Waals surface area contributed by atoms with Crippen LogP contribution in [0.3, 0.4) is 0 Å². The molecule has 0 bridgehead atoms. The minimum absolute atomic E-state index is 0.0375. The second kappa shape index (κ2) is 6.87. The van der Waals surface area contributed by atoms with E-state index in [0.717, 1.165) is 5.56 Å². The van der Waals surface area contributed by atoms with E-state index in [4.69, 9.17) is 14.2 Å². The van der Waals surface area contributed by atoms with E-state index in [9.17, 15) is 4.79 Å². The van der Waals surface area contributed by atoms with Crippen LogP contribution < -0.4 is 14.2 Å². The Kier molecular flexibility index (Phi) is 4.66. The van der Waals surface area contributed by atoms with Crippen molar-refractivity contribution in [3.8, 4) is 16.7 Å². The van der Waals surface area contributed by atoms with Crippen molar-refractivity contribution in [1.29, 1.82) is 0 Å². The summed E-state index contributed by atoms with van der Waals surface area (Å²) in [6.07, 6.45) is 2.08. The zero-order valence-electron chi connectivity index (χ0n) is 13.0. The van der Waals surface area contributed by atoms with E-state index >= 15 is 0 Å². The summed E-state index contributed by atoms with van der Waals surface area (Å²) < 4.78 is 16.1. The maximum absolute atomic E-state index is 12.3. The minimum atomic E-state index is 0.0375. The number of ether oxygens (including phenoxy) is 3. The fraction of sp³-hybridized carbons (Fsp3) is 0.375. The smallest absolute Gasteiger partial charge is 0.273 e. The third kappa shape index (κ3) is 3.56. The van der Waals surface area contributed by atoms with Crippen LogP contribution in [0.15, 0.2) is 29.8 Å². The van der Waals surface area contributed by atoms with Crippen LogP contribution in [0.5, 0.6) is 16.7 Å². The van der Waals surface area contributed by atoms with Gasteiger partial charge in [0, 0.05) is 11.6 Å². The lowest BCUT2D eigenvalue weighted by Crippen LogP contribution is -2.56. The van der Waals surface area contributed by atoms with Gasteiger partial charge in [-0.05, 0) is 17.7 Å². The maximum Gasteiger partial charge on any atom is 0.273 e. The topological polar surface area (TPSA) is 60.9 Å². The Morgan fingerprint density at radius 1 is 1.30 bits per heavy atom. The Morgan fingerprint density at radius 2 is 2.09 bits per heavy atom. The fourth-order valence-corrected chi connectivity index (χ4v) is 2.96. The molecule has 1 aromatic carbocycles. The summed E-state index contributed by atoms with van der Waals surface area (Å²) in [5.74, 6) is 1.37. The number of methoxy groups -OCH3 is 2. The van der Waals surface area contributed by atoms with Crippen molar-refractivity contribution in [1.82, 2.24) is 9.88 Å². The lowest BCUT2D eigenvalue weighted by atomic mass is 10.1. The van der Waals surface area contributed by atoms with Crippen molar-refractivity contribution in [2.45, 2.75) is 12.5 Å². The summed E-state index contributed by atoms with van der Waals surface area (Å²) in [4.78, 5) is 18.1. The first kappa shape index (κ1) is 15.6. The molecule has 3 rings (SSSR count). The zero-order valence-corrected chi connectivity index (χ0v) is 13.8. The molecule has 1 fully saturated rings. The Bertz CT molecular complexity index is 669. The highest BCUT2D eigenvalue weighted by Gasteiger charge is 2.32. The quantitative estimate of drug-likeness (QED) is 0.808. The van der Waals surface area contributed by atoms with E-state index in [0.29, 0.717) is 36.2 Å². The van der Waals surface area contributed by atoms with Gasteiger partial charge in [-0.2, -0.15) is 0 Å². The van der Waals surface area contributed by atoms with Crippen LogP contribution in [0.25, 0.3) is 0 Å². The standard InChI is InChI=1S/C16H18N2O4S/c1-20-13-4-3-11(7-14(13)21-2)8-15(19)18-9-12(10-18)22-16-17-5-6-23-16/h3-7,12H,8-10H2,1-2H3. The van der Waals surface area contributed by atoms with Gasteiger partial charge in [0.2, 0.25) is 5.91 Å². The van der Waals surface area contributed by atoms with E-state index < -0.39 is 0 Å². The van der Waals surface area contributed by atoms with Crippen molar-refractivity contribution in [3.63, 3.8) is 0 Å². The van der Waals surface area contributed by atoms with Crippen LogP contribution in [0.4, 0.5) is 0 Å². The number of benzene rings is 1. The van der Waals surface area contributed by atoms with Gasteiger partial charge in [-0.25, -0.2) is 4.98 Å². The number of amides is 1. The van der Waals surface area contributed by atoms with Crippen LogP contribution in [-0.2, 0) is 11.2 Å². The van der Waals surface area contributed by atoms with Gasteiger partial charge in [0.15, 0.2) is 11.5 Å². The summed E-state index contributed by atoms with van der Waals surface area (Å²) in [7, 11) is 3.17. The van der Waals surface area contributed by atoms with Gasteiger partial charge < -0.3 is 19.1 Å². The van der Waals surface area contributed by atoms with Crippen molar-refractivity contribution in [3.05, 3.63) is 35.3 Å². The maximum atomic E-state index is 12.3. The second-order valence-corrected chi connectivity index (χ2v) is 6.06. The first-order valence-electron chi connectivity index (χ1n) is 7.24. The number of carbonyl (C=O) groups is 1. The molecule has 0 saturated carbocycles. The van der Waals surface area contributed by atoms with Gasteiger partial charge in [0.05, 0.1) is 33.7 Å². The van der Waals surface area contributed by atoms with Gasteiger partial charge in [-0.3, -0.25) is 4.79 Å². The molecule has 1 aliphatic rings. The fourth-order valence-electron chi connectivity index (χ4n) is 2.40. The molecule has 2 aromatic rings. The number of nitrogens with zero attached hydrogens (tertiary/aromatic N) is 2. The normalized spacial score (nSPS) is 14.3. The highest BCUT2D eigenvalue weighted by Crippen LogP contribution is 2.28. The molecule has 7 heteroatoms. The third-order valence-corrected chi connectivity index (χ3v) is 4.34. The number of thiazole rings is 1. The third-order valence-electron chi connectivity index (χ3n) is 3.68. The van der Waals surface area contributed by atoms with Crippen molar-refractivity contribution in [2.75, 3.05) is 27.3 Å². The number of hydrogen-bond donors (Lipinski definition) is 0. The molecule has 0 spiro atoms. The molecule has 1 amide bonds. The predicted octanol–water partition coefficient (Wildman–Crippen LogP) is 1.99. The van der Waals surface area contributed by atoms with Gasteiger partial charge in [0.25, 0.3) is 5.19 Å². The van der Waals surface area contributed by atoms with Crippen LogP contribution in [0, 0.1) is 0 Å². The molecule has 1 aromatic heterocycles. The average Bonchev–Trinajstić information content (AvgIpc) is 3.03. The molecule has 2 heterocycles. The van der Waals surface area contributed by atoms with E-state index in [1.54, 1.807) is 25.3 Å². The number of hydrogen-bond acceptors (Lipinski definition) is 6. The SMILES string of the molecule is COc1ccc(CC(=O)N2CC(Oc3nccs3)C2)cc1OC. The van der Waals surface area contributed by atoms with Crippen LogP contribution >= 0.6 is 11.3 Å². The number of carbonyl (C=O) groups excluding carboxylic acids is 1. The van der Waals surface area contributed by atoms with Gasteiger partial charge in [0.1, 0.15) is 6.10 Å². The van der Waals surface area contributed by atoms with Crippen molar-refractivity contribution in [2.24, 2.45) is 0 Å². The lowest BCUT2D eigenvalue weighted by molar-refractivity contribution is -0.139. The molecule has 122 valence electrons. The molecule has 1 aliphatic heterocycles. The van der Waals surface area contributed by atoms with Crippen molar-refractivity contribution >= 4 is 17.2 Å². The monoisotopic (exact) mass is 334 g/mol. The molecule has 6 nitrogen and oxygen atoms in total. The van der Waals surface area contributed by atoms with Crippen LogP contribution in [-0.4, -0.2) is 49.2 Å². The Balaban J connectivity index is 1.52.